The van der Waals surface area contributed by atoms with Gasteiger partial charge in [-0.15, -0.1) is 0 Å². The summed E-state index contributed by atoms with van der Waals surface area (Å²) >= 11 is 0. The highest BCUT2D eigenvalue weighted by Crippen LogP contribution is 2.42. The Morgan fingerprint density at radius 3 is 1.76 bits per heavy atom. The van der Waals surface area contributed by atoms with Crippen molar-refractivity contribution >= 4 is 53.8 Å². The number of anilines is 3. The lowest BCUT2D eigenvalue weighted by Gasteiger charge is -2.16. The van der Waals surface area contributed by atoms with Gasteiger partial charge in [-0.2, -0.15) is 0 Å². The first-order chi connectivity index (χ1) is 15.8. The van der Waals surface area contributed by atoms with Gasteiger partial charge in [0.15, 0.2) is 0 Å². The van der Waals surface area contributed by atoms with Crippen molar-refractivity contribution in [2.45, 2.75) is 9.79 Å². The minimum absolute atomic E-state index is 0.0488. The van der Waals surface area contributed by atoms with Crippen LogP contribution in [0.25, 0.3) is 10.8 Å². The molecule has 4 aromatic carbocycles. The van der Waals surface area contributed by atoms with Crippen LogP contribution in [0.15, 0.2) is 94.7 Å². The van der Waals surface area contributed by atoms with Gasteiger partial charge in [-0.05, 0) is 36.4 Å². The first-order valence-corrected chi connectivity index (χ1v) is 12.8. The zero-order valence-corrected chi connectivity index (χ0v) is 18.6. The number of benzene rings is 4. The molecule has 4 aromatic rings. The molecule has 0 saturated heterocycles. The van der Waals surface area contributed by atoms with E-state index in [1.165, 1.54) is 6.07 Å². The molecule has 1 amide bonds. The Balaban J connectivity index is 1.74. The highest BCUT2D eigenvalue weighted by atomic mass is 32.2. The largest absolute Gasteiger partial charge is 0.320 e. The van der Waals surface area contributed by atoms with Crippen molar-refractivity contribution in [1.82, 2.24) is 0 Å². The second kappa shape index (κ2) is 7.61. The third kappa shape index (κ3) is 3.69. The SMILES string of the molecule is O=C1Nc2c(S(=O)(=O)Nc3ccccc3)cc(S(=O)(=O)Nc3ccccc3)c3cccc1c23. The van der Waals surface area contributed by atoms with Gasteiger partial charge in [-0.1, -0.05) is 48.5 Å². The Labute approximate surface area is 190 Å². The number of nitrogens with one attached hydrogen (secondary N) is 3. The Hall–Kier alpha value is -3.89. The molecule has 0 bridgehead atoms. The monoisotopic (exact) mass is 479 g/mol. The molecule has 1 aliphatic heterocycles. The molecule has 0 aromatic heterocycles. The van der Waals surface area contributed by atoms with Crippen LogP contribution in [0.5, 0.6) is 0 Å². The molecule has 10 heteroatoms. The molecule has 8 nitrogen and oxygen atoms in total. The van der Waals surface area contributed by atoms with E-state index in [1.807, 2.05) is 0 Å². The molecule has 33 heavy (non-hydrogen) atoms. The van der Waals surface area contributed by atoms with Crippen LogP contribution in [0.4, 0.5) is 17.1 Å². The smallest absolute Gasteiger partial charge is 0.264 e. The maximum absolute atomic E-state index is 13.3. The standard InChI is InChI=1S/C23H17N3O5S2/c27-23-18-13-7-12-17-19(32(28,29)25-15-8-3-1-4-9-15)14-20(22(24-23)21(17)18)33(30,31)26-16-10-5-2-6-11-16/h1-14,25-26H,(H,24,27). The van der Waals surface area contributed by atoms with Gasteiger partial charge in [0, 0.05) is 27.7 Å². The van der Waals surface area contributed by atoms with E-state index in [1.54, 1.807) is 72.8 Å². The van der Waals surface area contributed by atoms with Crippen LogP contribution in [-0.4, -0.2) is 22.7 Å². The Morgan fingerprint density at radius 2 is 1.18 bits per heavy atom. The minimum Gasteiger partial charge on any atom is -0.320 e. The fourth-order valence-electron chi connectivity index (χ4n) is 3.78. The average Bonchev–Trinajstić information content (AvgIpc) is 3.12. The predicted molar refractivity (Wildman–Crippen MR) is 126 cm³/mol. The molecule has 3 N–H and O–H groups in total. The van der Waals surface area contributed by atoms with Gasteiger partial charge in [0.25, 0.3) is 26.0 Å². The summed E-state index contributed by atoms with van der Waals surface area (Å²) in [6.07, 6.45) is 0. The molecule has 0 atom stereocenters. The molecule has 0 radical (unpaired) electrons. The van der Waals surface area contributed by atoms with E-state index >= 15 is 0 Å². The van der Waals surface area contributed by atoms with Crippen molar-refractivity contribution < 1.29 is 21.6 Å². The second-order valence-corrected chi connectivity index (χ2v) is 10.7. The van der Waals surface area contributed by atoms with Crippen LogP contribution >= 0.6 is 0 Å². The Kier molecular flexibility index (Phi) is 4.84. The van der Waals surface area contributed by atoms with E-state index in [9.17, 15) is 21.6 Å². The van der Waals surface area contributed by atoms with Crippen LogP contribution in [0.3, 0.4) is 0 Å². The number of sulfonamides is 2. The highest BCUT2D eigenvalue weighted by molar-refractivity contribution is 7.93. The number of amides is 1. The summed E-state index contributed by atoms with van der Waals surface area (Å²) in [5, 5.41) is 3.07. The van der Waals surface area contributed by atoms with Crippen LogP contribution in [0.1, 0.15) is 10.4 Å². The van der Waals surface area contributed by atoms with Gasteiger partial charge in [0.05, 0.1) is 10.6 Å². The first kappa shape index (κ1) is 21.0. The van der Waals surface area contributed by atoms with Crippen molar-refractivity contribution in [3.8, 4) is 0 Å². The normalized spacial score (nSPS) is 13.0. The van der Waals surface area contributed by atoms with Gasteiger partial charge in [-0.3, -0.25) is 14.2 Å². The summed E-state index contributed by atoms with van der Waals surface area (Å²) < 4.78 is 58.2. The van der Waals surface area contributed by atoms with Crippen molar-refractivity contribution in [2.24, 2.45) is 0 Å². The number of hydrogen-bond acceptors (Lipinski definition) is 5. The number of para-hydroxylation sites is 2. The molecule has 166 valence electrons. The van der Waals surface area contributed by atoms with Gasteiger partial charge in [-0.25, -0.2) is 16.8 Å². The van der Waals surface area contributed by atoms with Gasteiger partial charge < -0.3 is 5.32 Å². The number of rotatable bonds is 6. The van der Waals surface area contributed by atoms with Crippen LogP contribution in [0.2, 0.25) is 0 Å². The van der Waals surface area contributed by atoms with Gasteiger partial charge in [0.2, 0.25) is 0 Å². The molecule has 0 fully saturated rings. The zero-order valence-electron chi connectivity index (χ0n) is 16.9. The maximum Gasteiger partial charge on any atom is 0.264 e. The van der Waals surface area contributed by atoms with Crippen molar-refractivity contribution in [2.75, 3.05) is 14.8 Å². The topological polar surface area (TPSA) is 121 Å². The Morgan fingerprint density at radius 1 is 0.636 bits per heavy atom. The van der Waals surface area contributed by atoms with Gasteiger partial charge in [0.1, 0.15) is 4.90 Å². The molecular weight excluding hydrogens is 462 g/mol. The highest BCUT2D eigenvalue weighted by Gasteiger charge is 2.33. The van der Waals surface area contributed by atoms with E-state index in [0.717, 1.165) is 6.07 Å². The molecule has 1 heterocycles. The Bertz CT molecular complexity index is 1620. The number of carbonyl (C=O) groups excluding carboxylic acids is 1. The predicted octanol–water partition coefficient (Wildman–Crippen LogP) is 4.01. The first-order valence-electron chi connectivity index (χ1n) is 9.83. The van der Waals surface area contributed by atoms with Crippen LogP contribution < -0.4 is 14.8 Å². The number of carbonyl (C=O) groups is 1. The molecule has 0 aliphatic carbocycles. The third-order valence-electron chi connectivity index (χ3n) is 5.20. The van der Waals surface area contributed by atoms with Crippen molar-refractivity contribution in [1.29, 1.82) is 0 Å². The second-order valence-electron chi connectivity index (χ2n) is 7.37. The van der Waals surface area contributed by atoms with Crippen molar-refractivity contribution in [3.63, 3.8) is 0 Å². The van der Waals surface area contributed by atoms with Gasteiger partial charge >= 0.3 is 0 Å². The zero-order chi connectivity index (χ0) is 23.2. The molecule has 5 rings (SSSR count). The summed E-state index contributed by atoms with van der Waals surface area (Å²) in [6.45, 7) is 0. The average molecular weight is 480 g/mol. The molecular formula is C23H17N3O5S2. The summed E-state index contributed by atoms with van der Waals surface area (Å²) in [4.78, 5) is 11.9. The van der Waals surface area contributed by atoms with E-state index in [-0.39, 0.29) is 31.8 Å². The number of hydrogen-bond donors (Lipinski definition) is 3. The van der Waals surface area contributed by atoms with Crippen LogP contribution in [0, 0.1) is 0 Å². The third-order valence-corrected chi connectivity index (χ3v) is 8.03. The summed E-state index contributed by atoms with van der Waals surface area (Å²) in [7, 11) is -8.45. The van der Waals surface area contributed by atoms with E-state index in [4.69, 9.17) is 0 Å². The van der Waals surface area contributed by atoms with E-state index < -0.39 is 26.0 Å². The fraction of sp³-hybridized carbons (Fsp3) is 0. The lowest BCUT2D eigenvalue weighted by molar-refractivity contribution is 0.103. The van der Waals surface area contributed by atoms with Crippen molar-refractivity contribution in [3.05, 3.63) is 90.5 Å². The quantitative estimate of drug-likeness (QED) is 0.386. The lowest BCUT2D eigenvalue weighted by atomic mass is 10.1. The molecule has 0 unspecified atom stereocenters. The molecule has 0 spiro atoms. The summed E-state index contributed by atoms with van der Waals surface area (Å²) in [5.41, 5.74) is 0.874. The summed E-state index contributed by atoms with van der Waals surface area (Å²) in [6, 6.07) is 22.2. The minimum atomic E-state index is -4.25. The molecule has 1 aliphatic rings. The lowest BCUT2D eigenvalue weighted by Crippen LogP contribution is -2.18. The van der Waals surface area contributed by atoms with Crippen LogP contribution in [-0.2, 0) is 20.0 Å². The fourth-order valence-corrected chi connectivity index (χ4v) is 6.39. The molecule has 0 saturated carbocycles. The van der Waals surface area contributed by atoms with E-state index in [0.29, 0.717) is 11.4 Å². The summed E-state index contributed by atoms with van der Waals surface area (Å²) in [5.74, 6) is -0.502. The van der Waals surface area contributed by atoms with E-state index in [2.05, 4.69) is 14.8 Å². The maximum atomic E-state index is 13.3.